The van der Waals surface area contributed by atoms with Crippen LogP contribution < -0.4 is 5.32 Å². The molecule has 23 heavy (non-hydrogen) atoms. The lowest BCUT2D eigenvalue weighted by molar-refractivity contribution is 0.102. The zero-order valence-electron chi connectivity index (χ0n) is 12.8. The highest BCUT2D eigenvalue weighted by Gasteiger charge is 2.32. The zero-order valence-corrected chi connectivity index (χ0v) is 12.8. The fourth-order valence-corrected chi connectivity index (χ4v) is 2.68. The predicted molar refractivity (Wildman–Crippen MR) is 86.4 cm³/mol. The molecular weight excluding hydrogens is 294 g/mol. The number of fused-ring (bicyclic) bond motifs is 3. The molecular formula is C15H15N7O. The molecule has 1 N–H and O–H groups in total. The van der Waals surface area contributed by atoms with E-state index in [-0.39, 0.29) is 5.91 Å². The van der Waals surface area contributed by atoms with Crippen LogP contribution in [0.15, 0.2) is 28.3 Å². The number of nitrogens with zero attached hydrogens (tertiary/aromatic N) is 6. The summed E-state index contributed by atoms with van der Waals surface area (Å²) in [4.78, 5) is 27.6. The van der Waals surface area contributed by atoms with Crippen LogP contribution in [-0.2, 0) is 7.05 Å². The second kappa shape index (κ2) is 5.01. The van der Waals surface area contributed by atoms with Gasteiger partial charge in [0.2, 0.25) is 0 Å². The van der Waals surface area contributed by atoms with Crippen LogP contribution in [0.4, 0.5) is 11.5 Å². The number of aromatic nitrogens is 3. The molecule has 0 bridgehead atoms. The number of hydrogen-bond donors (Lipinski definition) is 1. The second-order valence-electron chi connectivity index (χ2n) is 5.46. The SMILES string of the molecule is Cc1ccc(NC(=O)c2nn(C)c3c2C2=NCCN2C=N3)cn1. The Bertz CT molecular complexity index is 847. The minimum atomic E-state index is -0.292. The molecule has 2 aromatic heterocycles. The Morgan fingerprint density at radius 1 is 1.35 bits per heavy atom. The molecule has 0 saturated carbocycles. The summed E-state index contributed by atoms with van der Waals surface area (Å²) in [6, 6.07) is 3.66. The molecule has 0 fully saturated rings. The second-order valence-corrected chi connectivity index (χ2v) is 5.46. The van der Waals surface area contributed by atoms with E-state index in [0.29, 0.717) is 29.3 Å². The summed E-state index contributed by atoms with van der Waals surface area (Å²) in [7, 11) is 1.77. The zero-order chi connectivity index (χ0) is 16.0. The van der Waals surface area contributed by atoms with Crippen molar-refractivity contribution in [2.24, 2.45) is 17.0 Å². The highest BCUT2D eigenvalue weighted by atomic mass is 16.2. The first kappa shape index (κ1) is 13.6. The van der Waals surface area contributed by atoms with E-state index in [9.17, 15) is 4.79 Å². The molecule has 8 nitrogen and oxygen atoms in total. The van der Waals surface area contributed by atoms with E-state index in [1.807, 2.05) is 24.0 Å². The molecule has 2 aromatic rings. The van der Waals surface area contributed by atoms with Gasteiger partial charge in [0.25, 0.3) is 5.91 Å². The molecule has 0 aromatic carbocycles. The van der Waals surface area contributed by atoms with Gasteiger partial charge in [0.05, 0.1) is 30.3 Å². The third kappa shape index (κ3) is 2.19. The number of nitrogens with one attached hydrogen (secondary N) is 1. The van der Waals surface area contributed by atoms with E-state index in [1.54, 1.807) is 24.3 Å². The Morgan fingerprint density at radius 2 is 2.22 bits per heavy atom. The van der Waals surface area contributed by atoms with Crippen LogP contribution in [0.3, 0.4) is 0 Å². The Labute approximate surface area is 132 Å². The lowest BCUT2D eigenvalue weighted by Crippen LogP contribution is -2.30. The maximum absolute atomic E-state index is 12.6. The fourth-order valence-electron chi connectivity index (χ4n) is 2.68. The summed E-state index contributed by atoms with van der Waals surface area (Å²) in [5.74, 6) is 1.11. The van der Waals surface area contributed by atoms with Crippen molar-refractivity contribution in [3.05, 3.63) is 35.3 Å². The maximum Gasteiger partial charge on any atom is 0.277 e. The number of aliphatic imine (C=N–C) groups is 2. The molecule has 116 valence electrons. The monoisotopic (exact) mass is 309 g/mol. The Kier molecular flexibility index (Phi) is 2.97. The number of rotatable bonds is 2. The minimum absolute atomic E-state index is 0.292. The molecule has 8 heteroatoms. The number of amides is 1. The Morgan fingerprint density at radius 3 is 3.00 bits per heavy atom. The van der Waals surface area contributed by atoms with Crippen molar-refractivity contribution in [2.75, 3.05) is 18.4 Å². The molecule has 0 spiro atoms. The molecule has 4 heterocycles. The van der Waals surface area contributed by atoms with Gasteiger partial charge in [-0.1, -0.05) is 0 Å². The van der Waals surface area contributed by atoms with Gasteiger partial charge in [0.15, 0.2) is 11.5 Å². The van der Waals surface area contributed by atoms with Gasteiger partial charge in [0.1, 0.15) is 5.84 Å². The van der Waals surface area contributed by atoms with Crippen molar-refractivity contribution in [3.8, 4) is 0 Å². The van der Waals surface area contributed by atoms with Gasteiger partial charge in [-0.2, -0.15) is 5.10 Å². The number of aryl methyl sites for hydroxylation is 2. The van der Waals surface area contributed by atoms with Gasteiger partial charge in [-0.3, -0.25) is 14.8 Å². The Hall–Kier alpha value is -3.03. The average molecular weight is 309 g/mol. The van der Waals surface area contributed by atoms with Crippen LogP contribution in [0.5, 0.6) is 0 Å². The third-order valence-electron chi connectivity index (χ3n) is 3.82. The standard InChI is InChI=1S/C15H15N7O/c1-9-3-4-10(7-17-9)19-15(23)12-11-13(21(2)20-12)18-8-22-6-5-16-14(11)22/h3-4,7-8H,5-6H2,1-2H3,(H,19,23). The molecule has 0 aliphatic carbocycles. The average Bonchev–Trinajstić information content (AvgIpc) is 3.14. The molecule has 0 atom stereocenters. The quantitative estimate of drug-likeness (QED) is 0.900. The normalized spacial score (nSPS) is 15.2. The van der Waals surface area contributed by atoms with Gasteiger partial charge >= 0.3 is 0 Å². The summed E-state index contributed by atoms with van der Waals surface area (Å²) < 4.78 is 1.60. The summed E-state index contributed by atoms with van der Waals surface area (Å²) in [5, 5.41) is 7.16. The van der Waals surface area contributed by atoms with Crippen molar-refractivity contribution < 1.29 is 4.79 Å². The minimum Gasteiger partial charge on any atom is -0.319 e. The van der Waals surface area contributed by atoms with E-state index in [2.05, 4.69) is 25.4 Å². The molecule has 4 rings (SSSR count). The highest BCUT2D eigenvalue weighted by molar-refractivity contribution is 6.18. The summed E-state index contributed by atoms with van der Waals surface area (Å²) in [6.07, 6.45) is 3.36. The van der Waals surface area contributed by atoms with Crippen LogP contribution in [-0.4, -0.2) is 50.8 Å². The van der Waals surface area contributed by atoms with Gasteiger partial charge in [0, 0.05) is 19.3 Å². The van der Waals surface area contributed by atoms with Crippen molar-refractivity contribution >= 4 is 29.6 Å². The van der Waals surface area contributed by atoms with Crippen LogP contribution in [0.2, 0.25) is 0 Å². The Balaban J connectivity index is 1.71. The molecule has 1 amide bonds. The molecule has 0 unspecified atom stereocenters. The van der Waals surface area contributed by atoms with Gasteiger partial charge in [-0.25, -0.2) is 9.67 Å². The van der Waals surface area contributed by atoms with E-state index in [0.717, 1.165) is 18.1 Å². The smallest absolute Gasteiger partial charge is 0.277 e. The summed E-state index contributed by atoms with van der Waals surface area (Å²) >= 11 is 0. The summed E-state index contributed by atoms with van der Waals surface area (Å²) in [5.41, 5.74) is 2.53. The van der Waals surface area contributed by atoms with E-state index in [1.165, 1.54) is 0 Å². The van der Waals surface area contributed by atoms with Gasteiger partial charge in [-0.05, 0) is 19.1 Å². The lowest BCUT2D eigenvalue weighted by atomic mass is 10.1. The molecule has 2 aliphatic heterocycles. The number of anilines is 1. The fraction of sp³-hybridized carbons (Fsp3) is 0.267. The topological polar surface area (TPSA) is 87.8 Å². The van der Waals surface area contributed by atoms with Gasteiger partial charge in [-0.15, -0.1) is 0 Å². The predicted octanol–water partition coefficient (Wildman–Crippen LogP) is 1.11. The number of carbonyl (C=O) groups excluding carboxylic acids is 1. The maximum atomic E-state index is 12.6. The summed E-state index contributed by atoms with van der Waals surface area (Å²) in [6.45, 7) is 3.36. The van der Waals surface area contributed by atoms with E-state index >= 15 is 0 Å². The molecule has 2 aliphatic rings. The number of pyridine rings is 1. The van der Waals surface area contributed by atoms with Crippen molar-refractivity contribution in [1.82, 2.24) is 19.7 Å². The number of carbonyl (C=O) groups is 1. The van der Waals surface area contributed by atoms with E-state index < -0.39 is 0 Å². The van der Waals surface area contributed by atoms with Crippen LogP contribution in [0, 0.1) is 6.92 Å². The van der Waals surface area contributed by atoms with E-state index in [4.69, 9.17) is 0 Å². The van der Waals surface area contributed by atoms with Gasteiger partial charge < -0.3 is 10.2 Å². The third-order valence-corrected chi connectivity index (χ3v) is 3.82. The first-order valence-electron chi connectivity index (χ1n) is 7.30. The van der Waals surface area contributed by atoms with Crippen LogP contribution in [0.25, 0.3) is 0 Å². The van der Waals surface area contributed by atoms with Crippen molar-refractivity contribution in [1.29, 1.82) is 0 Å². The highest BCUT2D eigenvalue weighted by Crippen LogP contribution is 2.29. The van der Waals surface area contributed by atoms with Crippen molar-refractivity contribution in [2.45, 2.75) is 6.92 Å². The van der Waals surface area contributed by atoms with Crippen LogP contribution >= 0.6 is 0 Å². The number of hydrogen-bond acceptors (Lipinski definition) is 6. The first-order chi connectivity index (χ1) is 11.1. The van der Waals surface area contributed by atoms with Crippen LogP contribution in [0.1, 0.15) is 21.7 Å². The number of amidine groups is 1. The largest absolute Gasteiger partial charge is 0.319 e. The molecule has 0 saturated heterocycles. The molecule has 0 radical (unpaired) electrons. The van der Waals surface area contributed by atoms with Crippen molar-refractivity contribution in [3.63, 3.8) is 0 Å². The lowest BCUT2D eigenvalue weighted by Gasteiger charge is -2.18. The first-order valence-corrected chi connectivity index (χ1v) is 7.30.